The van der Waals surface area contributed by atoms with Gasteiger partial charge < -0.3 is 16.2 Å². The number of nitrogens with two attached hydrogens (primary N) is 1. The number of carboxylic acids is 1. The number of benzene rings is 2. The van der Waals surface area contributed by atoms with Crippen molar-refractivity contribution in [2.24, 2.45) is 5.73 Å². The Morgan fingerprint density at radius 2 is 1.63 bits per heavy atom. The molecule has 0 saturated carbocycles. The van der Waals surface area contributed by atoms with E-state index >= 15 is 0 Å². The number of thiophene rings is 1. The highest BCUT2D eigenvalue weighted by molar-refractivity contribution is 7.18. The first-order valence-electron chi connectivity index (χ1n) is 10.5. The number of carboxylic acid groups (broad SMARTS) is 1. The van der Waals surface area contributed by atoms with Gasteiger partial charge in [-0.25, -0.2) is 4.79 Å². The third-order valence-electron chi connectivity index (χ3n) is 5.04. The van der Waals surface area contributed by atoms with Crippen LogP contribution in [0.4, 0.5) is 18.9 Å². The number of alkyl halides is 3. The number of carbonyl (C=O) groups excluding carboxylic acids is 3. The lowest BCUT2D eigenvalue weighted by Crippen LogP contribution is -2.29. The van der Waals surface area contributed by atoms with Gasteiger partial charge in [0.05, 0.1) is 38.4 Å². The van der Waals surface area contributed by atoms with E-state index in [1.807, 2.05) is 12.1 Å². The molecule has 0 atom stereocenters. The van der Waals surface area contributed by atoms with Crippen LogP contribution in [0, 0.1) is 5.41 Å². The lowest BCUT2D eigenvalue weighted by atomic mass is 10.1. The third kappa shape index (κ3) is 6.75. The van der Waals surface area contributed by atoms with Crippen LogP contribution in [0.15, 0.2) is 54.6 Å². The maximum absolute atomic E-state index is 13.1. The van der Waals surface area contributed by atoms with Gasteiger partial charge in [-0.1, -0.05) is 41.9 Å². The predicted molar refractivity (Wildman–Crippen MR) is 134 cm³/mol. The van der Waals surface area contributed by atoms with E-state index in [2.05, 4.69) is 5.32 Å². The number of carbonyl (C=O) groups is 4. The first-order valence-corrected chi connectivity index (χ1v) is 11.7. The van der Waals surface area contributed by atoms with Crippen LogP contribution in [-0.2, 0) is 17.8 Å². The van der Waals surface area contributed by atoms with E-state index in [1.165, 1.54) is 0 Å². The van der Waals surface area contributed by atoms with Crippen molar-refractivity contribution in [2.45, 2.75) is 19.1 Å². The van der Waals surface area contributed by atoms with Gasteiger partial charge in [0.1, 0.15) is 0 Å². The number of amides is 3. The summed E-state index contributed by atoms with van der Waals surface area (Å²) in [4.78, 5) is 48.9. The quantitative estimate of drug-likeness (QED) is 0.195. The molecule has 3 amide bonds. The number of halogens is 4. The maximum atomic E-state index is 13.1. The van der Waals surface area contributed by atoms with Gasteiger partial charge in [-0.3, -0.25) is 24.7 Å². The highest BCUT2D eigenvalue weighted by Crippen LogP contribution is 2.31. The zero-order valence-electron chi connectivity index (χ0n) is 19.1. The van der Waals surface area contributed by atoms with E-state index in [9.17, 15) is 27.6 Å². The SMILES string of the molecule is N=C(N)Cc1ccc(CN2C(=O)c3cccc(NC(=O)c4ccc(Cl)s4)c3C2=O)cc1.O=C(O)C(F)(F)F. The Balaban J connectivity index is 0.000000505. The van der Waals surface area contributed by atoms with Crippen LogP contribution < -0.4 is 11.1 Å². The molecule has 5 N–H and O–H groups in total. The molecule has 0 bridgehead atoms. The number of hydrogen-bond donors (Lipinski definition) is 4. The van der Waals surface area contributed by atoms with Crippen molar-refractivity contribution in [3.05, 3.63) is 86.1 Å². The van der Waals surface area contributed by atoms with Gasteiger partial charge in [-0.05, 0) is 35.4 Å². The van der Waals surface area contributed by atoms with Crippen LogP contribution in [0.5, 0.6) is 0 Å². The second-order valence-corrected chi connectivity index (χ2v) is 9.52. The fourth-order valence-corrected chi connectivity index (χ4v) is 4.30. The average Bonchev–Trinajstić information content (AvgIpc) is 3.37. The summed E-state index contributed by atoms with van der Waals surface area (Å²) in [5.41, 5.74) is 7.76. The molecule has 0 radical (unpaired) electrons. The summed E-state index contributed by atoms with van der Waals surface area (Å²) < 4.78 is 32.2. The summed E-state index contributed by atoms with van der Waals surface area (Å²) >= 11 is 7.02. The fourth-order valence-electron chi connectivity index (χ4n) is 3.37. The molecule has 0 saturated heterocycles. The number of imide groups is 1. The molecule has 3 aromatic rings. The number of rotatable bonds is 6. The van der Waals surface area contributed by atoms with Crippen LogP contribution in [0.2, 0.25) is 4.34 Å². The number of amidine groups is 1. The van der Waals surface area contributed by atoms with Gasteiger partial charge in [0.25, 0.3) is 17.7 Å². The summed E-state index contributed by atoms with van der Waals surface area (Å²) in [5, 5.41) is 17.2. The number of nitrogens with one attached hydrogen (secondary N) is 2. The van der Waals surface area contributed by atoms with Crippen LogP contribution in [0.25, 0.3) is 0 Å². The van der Waals surface area contributed by atoms with Gasteiger partial charge >= 0.3 is 12.1 Å². The van der Waals surface area contributed by atoms with Crippen molar-refractivity contribution in [1.29, 1.82) is 5.41 Å². The van der Waals surface area contributed by atoms with E-state index in [-0.39, 0.29) is 29.2 Å². The molecule has 14 heteroatoms. The number of aliphatic carboxylic acids is 1. The predicted octanol–water partition coefficient (Wildman–Crippen LogP) is 4.56. The van der Waals surface area contributed by atoms with Crippen molar-refractivity contribution in [1.82, 2.24) is 4.90 Å². The summed E-state index contributed by atoms with van der Waals surface area (Å²) in [7, 11) is 0. The van der Waals surface area contributed by atoms with E-state index < -0.39 is 29.9 Å². The zero-order valence-corrected chi connectivity index (χ0v) is 20.7. The van der Waals surface area contributed by atoms with Crippen LogP contribution in [0.3, 0.4) is 0 Å². The smallest absolute Gasteiger partial charge is 0.475 e. The molecule has 198 valence electrons. The molecule has 1 aliphatic rings. The number of nitrogens with zero attached hydrogens (tertiary/aromatic N) is 1. The van der Waals surface area contributed by atoms with Crippen LogP contribution >= 0.6 is 22.9 Å². The maximum Gasteiger partial charge on any atom is 0.490 e. The van der Waals surface area contributed by atoms with Crippen molar-refractivity contribution in [3.8, 4) is 0 Å². The highest BCUT2D eigenvalue weighted by Gasteiger charge is 2.39. The van der Waals surface area contributed by atoms with E-state index in [0.29, 0.717) is 15.6 Å². The summed E-state index contributed by atoms with van der Waals surface area (Å²) in [6.07, 6.45) is -4.74. The molecule has 9 nitrogen and oxygen atoms in total. The Bertz CT molecular complexity index is 1420. The minimum atomic E-state index is -5.08. The standard InChI is InChI=1S/C22H17ClN4O3S.C2HF3O2/c23-17-9-8-16(31-17)20(28)26-15-3-1-2-14-19(15)22(30)27(21(14)29)11-13-6-4-12(5-7-13)10-18(24)25;3-2(4,5)1(6)7/h1-9H,10-11H2,(H3,24,25)(H,26,28);(H,6,7). The molecule has 2 aromatic carbocycles. The molecule has 0 aliphatic carbocycles. The Kier molecular flexibility index (Phi) is 8.53. The van der Waals surface area contributed by atoms with E-state index in [1.54, 1.807) is 42.5 Å². The first kappa shape index (κ1) is 28.3. The molecule has 1 aliphatic heterocycles. The van der Waals surface area contributed by atoms with Gasteiger partial charge in [0.2, 0.25) is 0 Å². The number of anilines is 1. The van der Waals surface area contributed by atoms with Crippen LogP contribution in [-0.4, -0.2) is 45.7 Å². The molecule has 4 rings (SSSR count). The van der Waals surface area contributed by atoms with Crippen molar-refractivity contribution in [3.63, 3.8) is 0 Å². The third-order valence-corrected chi connectivity index (χ3v) is 6.27. The zero-order chi connectivity index (χ0) is 28.2. The van der Waals surface area contributed by atoms with Gasteiger partial charge in [-0.2, -0.15) is 13.2 Å². The van der Waals surface area contributed by atoms with Gasteiger partial charge in [-0.15, -0.1) is 11.3 Å². The molecule has 0 unspecified atom stereocenters. The molecule has 0 spiro atoms. The lowest BCUT2D eigenvalue weighted by Gasteiger charge is -2.14. The number of hydrogen-bond acceptors (Lipinski definition) is 6. The van der Waals surface area contributed by atoms with E-state index in [0.717, 1.165) is 27.4 Å². The molecule has 2 heterocycles. The molecule has 1 aromatic heterocycles. The molecular weight excluding hydrogens is 549 g/mol. The minimum absolute atomic E-state index is 0.0625. The van der Waals surface area contributed by atoms with Crippen molar-refractivity contribution < 1.29 is 37.5 Å². The topological polar surface area (TPSA) is 154 Å². The summed E-state index contributed by atoms with van der Waals surface area (Å²) in [6.45, 7) is 0.0978. The monoisotopic (exact) mass is 566 g/mol. The Morgan fingerprint density at radius 1 is 1.03 bits per heavy atom. The van der Waals surface area contributed by atoms with Crippen LogP contribution in [0.1, 0.15) is 41.5 Å². The largest absolute Gasteiger partial charge is 0.490 e. The summed E-state index contributed by atoms with van der Waals surface area (Å²) in [6, 6.07) is 15.2. The average molecular weight is 567 g/mol. The molecule has 0 fully saturated rings. The summed E-state index contributed by atoms with van der Waals surface area (Å²) in [5.74, 6) is -3.97. The highest BCUT2D eigenvalue weighted by atomic mass is 35.5. The molecular formula is C24H18ClF3N4O5S. The fraction of sp³-hybridized carbons (Fsp3) is 0.125. The van der Waals surface area contributed by atoms with Crippen molar-refractivity contribution in [2.75, 3.05) is 5.32 Å². The Labute approximate surface area is 222 Å². The molecule has 38 heavy (non-hydrogen) atoms. The van der Waals surface area contributed by atoms with E-state index in [4.69, 9.17) is 32.6 Å². The normalized spacial score (nSPS) is 12.5. The second kappa shape index (κ2) is 11.4. The van der Waals surface area contributed by atoms with Crippen molar-refractivity contribution >= 4 is 58.2 Å². The minimum Gasteiger partial charge on any atom is -0.475 e. The second-order valence-electron chi connectivity index (χ2n) is 7.80. The Hall–Kier alpha value is -4.23. The number of fused-ring (bicyclic) bond motifs is 1. The van der Waals surface area contributed by atoms with Gasteiger partial charge in [0.15, 0.2) is 0 Å². The van der Waals surface area contributed by atoms with Gasteiger partial charge in [0, 0.05) is 6.42 Å². The lowest BCUT2D eigenvalue weighted by molar-refractivity contribution is -0.192. The Morgan fingerprint density at radius 3 is 2.16 bits per heavy atom. The first-order chi connectivity index (χ1) is 17.8.